The maximum atomic E-state index is 5.12. The average Bonchev–Trinajstić information content (AvgIpc) is 3.48. The van der Waals surface area contributed by atoms with Crippen molar-refractivity contribution in [3.63, 3.8) is 0 Å². The van der Waals surface area contributed by atoms with Crippen LogP contribution in [0.15, 0.2) is 73.1 Å². The van der Waals surface area contributed by atoms with Crippen LogP contribution in [0.25, 0.3) is 0 Å². The number of benzene rings is 2. The molecule has 0 saturated heterocycles. The third-order valence-corrected chi connectivity index (χ3v) is 9.52. The number of aryl methyl sites for hydroxylation is 1. The van der Waals surface area contributed by atoms with Crippen molar-refractivity contribution in [3.8, 4) is 0 Å². The molecule has 0 fully saturated rings. The van der Waals surface area contributed by atoms with E-state index in [0.717, 1.165) is 13.0 Å². The molecule has 0 amide bonds. The van der Waals surface area contributed by atoms with E-state index in [9.17, 15) is 0 Å². The fourth-order valence-corrected chi connectivity index (χ4v) is 6.89. The predicted octanol–water partition coefficient (Wildman–Crippen LogP) is 12.2. The third kappa shape index (κ3) is 11.7. The molecule has 0 N–H and O–H groups in total. The minimum atomic E-state index is -0.0227. The van der Waals surface area contributed by atoms with Gasteiger partial charge in [-0.2, -0.15) is 0 Å². The van der Waals surface area contributed by atoms with Crippen LogP contribution in [-0.4, -0.2) is 9.55 Å². The molecule has 0 spiro atoms. The lowest BCUT2D eigenvalue weighted by Crippen LogP contribution is -2.35. The van der Waals surface area contributed by atoms with E-state index >= 15 is 0 Å². The molecule has 3 aromatic rings. The molecule has 0 radical (unpaired) electrons. The predicted molar refractivity (Wildman–Crippen MR) is 183 cm³/mol. The summed E-state index contributed by atoms with van der Waals surface area (Å²) in [6.07, 6.45) is 29.7. The maximum Gasteiger partial charge on any atom is 0.112 e. The van der Waals surface area contributed by atoms with E-state index < -0.39 is 0 Å². The zero-order valence-electron chi connectivity index (χ0n) is 27.5. The van der Waals surface area contributed by atoms with Gasteiger partial charge in [0.25, 0.3) is 0 Å². The standard InChI is InChI=1S/C40H62N2/c1-4-6-8-10-12-14-15-17-25-31-38(39-41-32-34-42(39)33-26-18-16-13-11-9-7-5-2)40(3,37-29-23-20-24-30-37)35-36-27-21-19-22-28-36/h19-24,27-30,32,34,38H,4-18,25-26,31,33,35H2,1-3H3. The highest BCUT2D eigenvalue weighted by Gasteiger charge is 2.39. The summed E-state index contributed by atoms with van der Waals surface area (Å²) in [5.41, 5.74) is 2.84. The Morgan fingerprint density at radius 3 is 1.69 bits per heavy atom. The van der Waals surface area contributed by atoms with Gasteiger partial charge in [-0.1, -0.05) is 184 Å². The summed E-state index contributed by atoms with van der Waals surface area (Å²) in [4.78, 5) is 5.12. The van der Waals surface area contributed by atoms with Gasteiger partial charge in [-0.15, -0.1) is 0 Å². The van der Waals surface area contributed by atoms with E-state index in [1.165, 1.54) is 133 Å². The monoisotopic (exact) mass is 570 g/mol. The smallest absolute Gasteiger partial charge is 0.112 e. The van der Waals surface area contributed by atoms with Crippen LogP contribution in [0, 0.1) is 0 Å². The third-order valence-electron chi connectivity index (χ3n) is 9.52. The maximum absolute atomic E-state index is 5.12. The first kappa shape index (κ1) is 34.1. The highest BCUT2D eigenvalue weighted by Crippen LogP contribution is 2.44. The van der Waals surface area contributed by atoms with E-state index in [-0.39, 0.29) is 5.41 Å². The van der Waals surface area contributed by atoms with Crippen LogP contribution in [0.2, 0.25) is 0 Å². The van der Waals surface area contributed by atoms with Gasteiger partial charge in [0.15, 0.2) is 0 Å². The van der Waals surface area contributed by atoms with Crippen molar-refractivity contribution >= 4 is 0 Å². The first-order chi connectivity index (χ1) is 20.7. The van der Waals surface area contributed by atoms with Gasteiger partial charge < -0.3 is 4.57 Å². The van der Waals surface area contributed by atoms with Crippen LogP contribution < -0.4 is 0 Å². The number of rotatable bonds is 24. The Kier molecular flexibility index (Phi) is 16.7. The second-order valence-electron chi connectivity index (χ2n) is 13.1. The zero-order chi connectivity index (χ0) is 29.7. The molecular formula is C40H62N2. The van der Waals surface area contributed by atoms with Crippen molar-refractivity contribution in [2.24, 2.45) is 0 Å². The molecule has 2 nitrogen and oxygen atoms in total. The summed E-state index contributed by atoms with van der Waals surface area (Å²) >= 11 is 0. The van der Waals surface area contributed by atoms with Gasteiger partial charge in [-0.25, -0.2) is 4.98 Å². The summed E-state index contributed by atoms with van der Waals surface area (Å²) in [6, 6.07) is 22.5. The first-order valence-electron chi connectivity index (χ1n) is 17.8. The normalized spacial score (nSPS) is 13.7. The van der Waals surface area contributed by atoms with E-state index in [4.69, 9.17) is 4.98 Å². The molecule has 0 aliphatic rings. The Bertz CT molecular complexity index is 1040. The number of aromatic nitrogens is 2. The molecule has 0 saturated carbocycles. The van der Waals surface area contributed by atoms with Crippen LogP contribution in [0.3, 0.4) is 0 Å². The molecule has 0 aliphatic heterocycles. The summed E-state index contributed by atoms with van der Waals surface area (Å²) in [5.74, 6) is 1.69. The van der Waals surface area contributed by atoms with E-state index in [0.29, 0.717) is 5.92 Å². The van der Waals surface area contributed by atoms with Gasteiger partial charge in [0.2, 0.25) is 0 Å². The van der Waals surface area contributed by atoms with Crippen molar-refractivity contribution in [1.82, 2.24) is 9.55 Å². The van der Waals surface area contributed by atoms with E-state index in [2.05, 4.69) is 98.4 Å². The highest BCUT2D eigenvalue weighted by molar-refractivity contribution is 5.33. The molecule has 232 valence electrons. The van der Waals surface area contributed by atoms with Crippen LogP contribution in [0.1, 0.15) is 159 Å². The molecule has 2 heteroatoms. The van der Waals surface area contributed by atoms with Gasteiger partial charge in [0.05, 0.1) is 0 Å². The Balaban J connectivity index is 1.73. The SMILES string of the molecule is CCCCCCCCCCCC(c1nccn1CCCCCCCCCC)C(C)(Cc1ccccc1)c1ccccc1. The van der Waals surface area contributed by atoms with Crippen LogP contribution in [-0.2, 0) is 18.4 Å². The quantitative estimate of drug-likeness (QED) is 0.0979. The fraction of sp³-hybridized carbons (Fsp3) is 0.625. The number of imidazole rings is 1. The molecular weight excluding hydrogens is 508 g/mol. The molecule has 1 heterocycles. The molecule has 2 unspecified atom stereocenters. The molecule has 2 atom stereocenters. The molecule has 42 heavy (non-hydrogen) atoms. The Hall–Kier alpha value is -2.35. The first-order valence-corrected chi connectivity index (χ1v) is 17.8. The van der Waals surface area contributed by atoms with Gasteiger partial charge >= 0.3 is 0 Å². The summed E-state index contributed by atoms with van der Waals surface area (Å²) in [5, 5.41) is 0. The Morgan fingerprint density at radius 1 is 0.619 bits per heavy atom. The van der Waals surface area contributed by atoms with Gasteiger partial charge in [-0.3, -0.25) is 0 Å². The van der Waals surface area contributed by atoms with Gasteiger partial charge in [0, 0.05) is 30.3 Å². The minimum Gasteiger partial charge on any atom is -0.335 e. The lowest BCUT2D eigenvalue weighted by atomic mass is 9.66. The highest BCUT2D eigenvalue weighted by atomic mass is 15.1. The largest absolute Gasteiger partial charge is 0.335 e. The van der Waals surface area contributed by atoms with Gasteiger partial charge in [0.1, 0.15) is 5.82 Å². The molecule has 2 aromatic carbocycles. The van der Waals surface area contributed by atoms with Crippen molar-refractivity contribution < 1.29 is 0 Å². The van der Waals surface area contributed by atoms with Gasteiger partial charge in [-0.05, 0) is 30.4 Å². The summed E-state index contributed by atoms with van der Waals surface area (Å²) < 4.78 is 2.52. The summed E-state index contributed by atoms with van der Waals surface area (Å²) in [6.45, 7) is 8.21. The second-order valence-corrected chi connectivity index (χ2v) is 13.1. The fourth-order valence-electron chi connectivity index (χ4n) is 6.89. The van der Waals surface area contributed by atoms with Crippen LogP contribution in [0.5, 0.6) is 0 Å². The number of hydrogen-bond donors (Lipinski definition) is 0. The Morgan fingerprint density at radius 2 is 1.12 bits per heavy atom. The molecule has 0 bridgehead atoms. The van der Waals surface area contributed by atoms with Crippen LogP contribution >= 0.6 is 0 Å². The molecule has 3 rings (SSSR count). The number of unbranched alkanes of at least 4 members (excludes halogenated alkanes) is 15. The van der Waals surface area contributed by atoms with E-state index in [1.54, 1.807) is 0 Å². The van der Waals surface area contributed by atoms with Crippen molar-refractivity contribution in [3.05, 3.63) is 90.0 Å². The average molecular weight is 571 g/mol. The lowest BCUT2D eigenvalue weighted by Gasteiger charge is -2.39. The van der Waals surface area contributed by atoms with Crippen molar-refractivity contribution in [2.45, 2.75) is 161 Å². The van der Waals surface area contributed by atoms with Crippen molar-refractivity contribution in [2.75, 3.05) is 0 Å². The zero-order valence-corrected chi connectivity index (χ0v) is 27.5. The Labute approximate surface area is 259 Å². The lowest BCUT2D eigenvalue weighted by molar-refractivity contribution is 0.321. The number of hydrogen-bond acceptors (Lipinski definition) is 1. The summed E-state index contributed by atoms with van der Waals surface area (Å²) in [7, 11) is 0. The van der Waals surface area contributed by atoms with E-state index in [1.807, 2.05) is 0 Å². The molecule has 1 aromatic heterocycles. The second kappa shape index (κ2) is 20.5. The minimum absolute atomic E-state index is 0.0227. The number of nitrogens with zero attached hydrogens (tertiary/aromatic N) is 2. The van der Waals surface area contributed by atoms with Crippen LogP contribution in [0.4, 0.5) is 0 Å². The van der Waals surface area contributed by atoms with Crippen molar-refractivity contribution in [1.29, 1.82) is 0 Å². The topological polar surface area (TPSA) is 17.8 Å². The molecule has 0 aliphatic carbocycles.